The van der Waals surface area contributed by atoms with Gasteiger partial charge in [0.1, 0.15) is 16.1 Å². The molecule has 0 N–H and O–H groups in total. The fraction of sp³-hybridized carbons (Fsp3) is 0. The highest BCUT2D eigenvalue weighted by atomic mass is 35.5. The van der Waals surface area contributed by atoms with Gasteiger partial charge in [-0.3, -0.25) is 0 Å². The molecule has 0 amide bonds. The first-order valence-corrected chi connectivity index (χ1v) is 4.83. The van der Waals surface area contributed by atoms with E-state index in [1.54, 1.807) is 6.07 Å². The van der Waals surface area contributed by atoms with Gasteiger partial charge in [-0.1, -0.05) is 34.8 Å². The molecule has 14 heavy (non-hydrogen) atoms. The molecular formula is C9H3Cl3FN. The topological polar surface area (TPSA) is 12.9 Å². The predicted octanol–water partition coefficient (Wildman–Crippen LogP) is 4.33. The van der Waals surface area contributed by atoms with Crippen LogP contribution >= 0.6 is 34.8 Å². The Bertz CT molecular complexity index is 513. The molecule has 0 atom stereocenters. The maximum absolute atomic E-state index is 13.5. The van der Waals surface area contributed by atoms with Gasteiger partial charge in [-0.15, -0.1) is 0 Å². The zero-order valence-corrected chi connectivity index (χ0v) is 8.96. The number of hydrogen-bond acceptors (Lipinski definition) is 1. The monoisotopic (exact) mass is 249 g/mol. The number of pyridine rings is 1. The van der Waals surface area contributed by atoms with Crippen LogP contribution in [0.5, 0.6) is 0 Å². The van der Waals surface area contributed by atoms with Crippen molar-refractivity contribution in [1.29, 1.82) is 0 Å². The van der Waals surface area contributed by atoms with Crippen LogP contribution in [0.2, 0.25) is 15.3 Å². The summed E-state index contributed by atoms with van der Waals surface area (Å²) >= 11 is 17.0. The highest BCUT2D eigenvalue weighted by Gasteiger charge is 2.09. The Morgan fingerprint density at radius 3 is 2.50 bits per heavy atom. The number of benzene rings is 1. The standard InChI is InChI=1S/C9H3Cl3FN/c10-6-2-1-4-5(8(6)13)3-7(11)14-9(4)12/h1-3H. The normalized spacial score (nSPS) is 10.9. The van der Waals surface area contributed by atoms with Crippen LogP contribution in [0.25, 0.3) is 10.8 Å². The fourth-order valence-electron chi connectivity index (χ4n) is 1.19. The van der Waals surface area contributed by atoms with Gasteiger partial charge in [0, 0.05) is 10.8 Å². The van der Waals surface area contributed by atoms with Gasteiger partial charge in [-0.25, -0.2) is 9.37 Å². The van der Waals surface area contributed by atoms with Crippen molar-refractivity contribution in [1.82, 2.24) is 4.98 Å². The van der Waals surface area contributed by atoms with Crippen molar-refractivity contribution in [2.75, 3.05) is 0 Å². The van der Waals surface area contributed by atoms with E-state index in [4.69, 9.17) is 34.8 Å². The summed E-state index contributed by atoms with van der Waals surface area (Å²) in [6.45, 7) is 0. The van der Waals surface area contributed by atoms with E-state index < -0.39 is 5.82 Å². The number of rotatable bonds is 0. The third kappa shape index (κ3) is 1.54. The number of nitrogens with zero attached hydrogens (tertiary/aromatic N) is 1. The SMILES string of the molecule is Fc1c(Cl)ccc2c(Cl)nc(Cl)cc12. The van der Waals surface area contributed by atoms with Gasteiger partial charge in [0.05, 0.1) is 5.02 Å². The van der Waals surface area contributed by atoms with Gasteiger partial charge in [0.15, 0.2) is 0 Å². The molecule has 5 heteroatoms. The number of halogens is 4. The average molecular weight is 250 g/mol. The van der Waals surface area contributed by atoms with Gasteiger partial charge in [0.2, 0.25) is 0 Å². The molecule has 1 heterocycles. The van der Waals surface area contributed by atoms with E-state index in [1.165, 1.54) is 12.1 Å². The minimum Gasteiger partial charge on any atom is -0.224 e. The molecule has 0 aliphatic rings. The molecule has 0 aliphatic heterocycles. The first kappa shape index (κ1) is 9.97. The molecule has 0 saturated heterocycles. The van der Waals surface area contributed by atoms with Crippen LogP contribution in [-0.2, 0) is 0 Å². The van der Waals surface area contributed by atoms with E-state index >= 15 is 0 Å². The van der Waals surface area contributed by atoms with E-state index in [9.17, 15) is 4.39 Å². The molecule has 0 aliphatic carbocycles. The lowest BCUT2D eigenvalue weighted by molar-refractivity contribution is 0.640. The minimum atomic E-state index is -0.532. The van der Waals surface area contributed by atoms with E-state index in [0.29, 0.717) is 5.39 Å². The van der Waals surface area contributed by atoms with Crippen LogP contribution in [0.4, 0.5) is 4.39 Å². The van der Waals surface area contributed by atoms with Gasteiger partial charge in [-0.05, 0) is 18.2 Å². The smallest absolute Gasteiger partial charge is 0.149 e. The fourth-order valence-corrected chi connectivity index (χ4v) is 1.85. The molecule has 0 bridgehead atoms. The summed E-state index contributed by atoms with van der Waals surface area (Å²) < 4.78 is 13.5. The Labute approximate surface area is 94.4 Å². The Hall–Kier alpha value is -0.570. The minimum absolute atomic E-state index is 0.0378. The maximum Gasteiger partial charge on any atom is 0.149 e. The van der Waals surface area contributed by atoms with Gasteiger partial charge in [0.25, 0.3) is 0 Å². The van der Waals surface area contributed by atoms with Crippen LogP contribution in [0.1, 0.15) is 0 Å². The molecule has 0 unspecified atom stereocenters. The summed E-state index contributed by atoms with van der Waals surface area (Å²) in [4.78, 5) is 3.79. The lowest BCUT2D eigenvalue weighted by Gasteiger charge is -2.03. The molecule has 1 aromatic heterocycles. The molecule has 1 nitrogen and oxygen atoms in total. The molecular weight excluding hydrogens is 247 g/mol. The zero-order valence-electron chi connectivity index (χ0n) is 6.69. The van der Waals surface area contributed by atoms with Crippen molar-refractivity contribution < 1.29 is 4.39 Å². The van der Waals surface area contributed by atoms with Crippen molar-refractivity contribution in [3.63, 3.8) is 0 Å². The van der Waals surface area contributed by atoms with Crippen LogP contribution in [0, 0.1) is 5.82 Å². The quantitative estimate of drug-likeness (QED) is 0.634. The van der Waals surface area contributed by atoms with Crippen molar-refractivity contribution in [3.05, 3.63) is 39.3 Å². The van der Waals surface area contributed by atoms with E-state index in [0.717, 1.165) is 0 Å². The average Bonchev–Trinajstić information content (AvgIpc) is 2.12. The maximum atomic E-state index is 13.5. The van der Waals surface area contributed by atoms with Gasteiger partial charge < -0.3 is 0 Å². The molecule has 72 valence electrons. The summed E-state index contributed by atoms with van der Waals surface area (Å²) in [5, 5.41) is 1.13. The Balaban J connectivity index is 2.95. The van der Waals surface area contributed by atoms with Crippen molar-refractivity contribution in [3.8, 4) is 0 Å². The van der Waals surface area contributed by atoms with Gasteiger partial charge >= 0.3 is 0 Å². The largest absolute Gasteiger partial charge is 0.224 e. The summed E-state index contributed by atoms with van der Waals surface area (Å²) in [5.41, 5.74) is 0. The second-order valence-electron chi connectivity index (χ2n) is 2.69. The van der Waals surface area contributed by atoms with Crippen LogP contribution in [0.3, 0.4) is 0 Å². The van der Waals surface area contributed by atoms with Crippen LogP contribution in [0.15, 0.2) is 18.2 Å². The third-order valence-electron chi connectivity index (χ3n) is 1.82. The number of fused-ring (bicyclic) bond motifs is 1. The second kappa shape index (κ2) is 3.54. The summed E-state index contributed by atoms with van der Waals surface area (Å²) in [5.74, 6) is -0.532. The summed E-state index contributed by atoms with van der Waals surface area (Å²) in [6.07, 6.45) is 0. The zero-order chi connectivity index (χ0) is 10.3. The van der Waals surface area contributed by atoms with Crippen molar-refractivity contribution >= 4 is 45.6 Å². The lowest BCUT2D eigenvalue weighted by atomic mass is 10.2. The molecule has 2 rings (SSSR count). The van der Waals surface area contributed by atoms with E-state index in [2.05, 4.69) is 4.98 Å². The Morgan fingerprint density at radius 2 is 1.79 bits per heavy atom. The molecule has 0 radical (unpaired) electrons. The van der Waals surface area contributed by atoms with Crippen molar-refractivity contribution in [2.24, 2.45) is 0 Å². The van der Waals surface area contributed by atoms with Crippen LogP contribution in [-0.4, -0.2) is 4.98 Å². The first-order chi connectivity index (χ1) is 6.59. The molecule has 2 aromatic rings. The predicted molar refractivity (Wildman–Crippen MR) is 56.7 cm³/mol. The first-order valence-electron chi connectivity index (χ1n) is 3.69. The lowest BCUT2D eigenvalue weighted by Crippen LogP contribution is -1.85. The Morgan fingerprint density at radius 1 is 1.07 bits per heavy atom. The molecule has 1 aromatic carbocycles. The summed E-state index contributed by atoms with van der Waals surface area (Å²) in [7, 11) is 0. The number of hydrogen-bond donors (Lipinski definition) is 0. The van der Waals surface area contributed by atoms with Crippen molar-refractivity contribution in [2.45, 2.75) is 0 Å². The number of aromatic nitrogens is 1. The molecule has 0 saturated carbocycles. The Kier molecular flexibility index (Phi) is 2.52. The molecule has 0 spiro atoms. The highest BCUT2D eigenvalue weighted by Crippen LogP contribution is 2.30. The van der Waals surface area contributed by atoms with E-state index in [-0.39, 0.29) is 20.7 Å². The van der Waals surface area contributed by atoms with Gasteiger partial charge in [-0.2, -0.15) is 0 Å². The molecule has 0 fully saturated rings. The van der Waals surface area contributed by atoms with Crippen LogP contribution < -0.4 is 0 Å². The summed E-state index contributed by atoms with van der Waals surface area (Å²) in [6, 6.07) is 4.43. The highest BCUT2D eigenvalue weighted by molar-refractivity contribution is 6.37. The second-order valence-corrected chi connectivity index (χ2v) is 3.84. The van der Waals surface area contributed by atoms with E-state index in [1.807, 2.05) is 0 Å². The third-order valence-corrected chi connectivity index (χ3v) is 2.60.